The van der Waals surface area contributed by atoms with Gasteiger partial charge >= 0.3 is 12.1 Å². The first-order valence-electron chi connectivity index (χ1n) is 11.5. The molecular formula is C24H34N4O3. The molecule has 3 unspecified atom stereocenters. The highest BCUT2D eigenvalue weighted by Crippen LogP contribution is 2.31. The van der Waals surface area contributed by atoms with E-state index < -0.39 is 6.03 Å². The van der Waals surface area contributed by atoms with Crippen LogP contribution in [0.15, 0.2) is 29.3 Å². The lowest BCUT2D eigenvalue weighted by atomic mass is 9.82. The van der Waals surface area contributed by atoms with Gasteiger partial charge < -0.3 is 15.4 Å². The summed E-state index contributed by atoms with van der Waals surface area (Å²) in [7, 11) is 0. The molecule has 3 aliphatic rings. The van der Waals surface area contributed by atoms with E-state index in [0.717, 1.165) is 45.1 Å². The number of rotatable bonds is 3. The van der Waals surface area contributed by atoms with Crippen LogP contribution in [0.3, 0.4) is 0 Å². The molecule has 7 nitrogen and oxygen atoms in total. The summed E-state index contributed by atoms with van der Waals surface area (Å²) in [5, 5.41) is 6.01. The van der Waals surface area contributed by atoms with Crippen LogP contribution >= 0.6 is 0 Å². The molecule has 0 radical (unpaired) electrons. The number of hydrogen-bond acceptors (Lipinski definition) is 3. The fourth-order valence-corrected chi connectivity index (χ4v) is 4.77. The Labute approximate surface area is 184 Å². The number of aliphatic imine (C=N–C) groups is 1. The highest BCUT2D eigenvalue weighted by Gasteiger charge is 2.41. The Hall–Kier alpha value is -2.41. The van der Waals surface area contributed by atoms with Crippen molar-refractivity contribution in [3.8, 4) is 0 Å². The van der Waals surface area contributed by atoms with Gasteiger partial charge in [-0.15, -0.1) is 0 Å². The van der Waals surface area contributed by atoms with Gasteiger partial charge in [-0.05, 0) is 48.8 Å². The number of ether oxygens (including phenoxy) is 1. The second-order valence-electron chi connectivity index (χ2n) is 9.92. The van der Waals surface area contributed by atoms with Crippen molar-refractivity contribution in [2.24, 2.45) is 10.9 Å². The molecule has 0 bridgehead atoms. The van der Waals surface area contributed by atoms with Crippen LogP contribution < -0.4 is 10.6 Å². The molecule has 31 heavy (non-hydrogen) atoms. The van der Waals surface area contributed by atoms with Gasteiger partial charge in [-0.3, -0.25) is 4.90 Å². The maximum absolute atomic E-state index is 12.9. The van der Waals surface area contributed by atoms with Crippen molar-refractivity contribution in [2.75, 3.05) is 18.5 Å². The van der Waals surface area contributed by atoms with E-state index in [1.165, 1.54) is 5.56 Å². The number of fused-ring (bicyclic) bond motifs is 1. The number of nitrogens with one attached hydrogen (secondary N) is 2. The van der Waals surface area contributed by atoms with Gasteiger partial charge in [0.25, 0.3) is 0 Å². The molecular weight excluding hydrogens is 392 g/mol. The molecule has 4 rings (SSSR count). The first-order chi connectivity index (χ1) is 14.8. The third-order valence-electron chi connectivity index (χ3n) is 6.56. The maximum Gasteiger partial charge on any atom is 0.347 e. The Morgan fingerprint density at radius 2 is 1.90 bits per heavy atom. The minimum absolute atomic E-state index is 0.00379. The zero-order valence-corrected chi connectivity index (χ0v) is 18.8. The van der Waals surface area contributed by atoms with Crippen LogP contribution in [-0.4, -0.2) is 48.1 Å². The first kappa shape index (κ1) is 21.8. The molecule has 168 valence electrons. The Morgan fingerprint density at radius 1 is 1.16 bits per heavy atom. The van der Waals surface area contributed by atoms with Crippen molar-refractivity contribution in [2.45, 2.75) is 76.9 Å². The van der Waals surface area contributed by atoms with Crippen LogP contribution in [0.4, 0.5) is 15.3 Å². The number of benzene rings is 1. The van der Waals surface area contributed by atoms with Crippen molar-refractivity contribution in [1.82, 2.24) is 10.2 Å². The predicted molar refractivity (Wildman–Crippen MR) is 122 cm³/mol. The summed E-state index contributed by atoms with van der Waals surface area (Å²) >= 11 is 0. The standard InChI is InChI=1S/C24H34N4O3/c1-24(2,3)16-10-12-17(13-11-16)25-22(29)27-21-19-8-4-5-9-20(19)26-23(30)28(21)15-18-7-6-14-31-18/h10-13,18-20H,4-9,14-15H2,1-3H3,(H,25,29)(H,26,30)/b27-21+. The van der Waals surface area contributed by atoms with E-state index in [4.69, 9.17) is 4.74 Å². The largest absolute Gasteiger partial charge is 0.376 e. The minimum atomic E-state index is -0.435. The molecule has 3 atom stereocenters. The Kier molecular flexibility index (Phi) is 6.32. The molecule has 1 saturated carbocycles. The normalized spacial score (nSPS) is 27.7. The summed E-state index contributed by atoms with van der Waals surface area (Å²) in [5.74, 6) is 0.662. The van der Waals surface area contributed by atoms with E-state index in [1.54, 1.807) is 4.90 Å². The molecule has 2 N–H and O–H groups in total. The fraction of sp³-hybridized carbons (Fsp3) is 0.625. The Bertz CT molecular complexity index is 837. The van der Waals surface area contributed by atoms with Crippen molar-refractivity contribution in [1.29, 1.82) is 0 Å². The number of nitrogens with zero attached hydrogens (tertiary/aromatic N) is 2. The van der Waals surface area contributed by atoms with Gasteiger partial charge in [-0.2, -0.15) is 4.99 Å². The van der Waals surface area contributed by atoms with Crippen LogP contribution in [0.2, 0.25) is 0 Å². The fourth-order valence-electron chi connectivity index (χ4n) is 4.77. The van der Waals surface area contributed by atoms with Gasteiger partial charge in [0.05, 0.1) is 12.6 Å². The van der Waals surface area contributed by atoms with Gasteiger partial charge in [0, 0.05) is 24.3 Å². The molecule has 7 heteroatoms. The smallest absolute Gasteiger partial charge is 0.347 e. The van der Waals surface area contributed by atoms with E-state index in [9.17, 15) is 9.59 Å². The Balaban J connectivity index is 1.54. The summed E-state index contributed by atoms with van der Waals surface area (Å²) in [6.07, 6.45) is 5.97. The number of carbonyl (C=O) groups excluding carboxylic acids is 2. The number of carbonyl (C=O) groups is 2. The summed E-state index contributed by atoms with van der Waals surface area (Å²) in [6.45, 7) is 7.64. The number of amidine groups is 1. The third-order valence-corrected chi connectivity index (χ3v) is 6.56. The van der Waals surface area contributed by atoms with Gasteiger partial charge in [0.1, 0.15) is 5.84 Å². The average molecular weight is 427 g/mol. The van der Waals surface area contributed by atoms with Crippen LogP contribution in [0.1, 0.15) is 64.9 Å². The molecule has 1 aliphatic carbocycles. The molecule has 2 heterocycles. The van der Waals surface area contributed by atoms with Crippen molar-refractivity contribution in [3.63, 3.8) is 0 Å². The van der Waals surface area contributed by atoms with Crippen LogP contribution in [0, 0.1) is 5.92 Å². The van der Waals surface area contributed by atoms with Crippen LogP contribution in [0.25, 0.3) is 0 Å². The van der Waals surface area contributed by atoms with Crippen molar-refractivity contribution >= 4 is 23.6 Å². The SMILES string of the molecule is CC(C)(C)c1ccc(NC(=O)/N=C2\C3CCCCC3NC(=O)N2CC2CCCO2)cc1. The van der Waals surface area contributed by atoms with E-state index in [2.05, 4.69) is 36.4 Å². The molecule has 1 aromatic rings. The number of hydrogen-bond donors (Lipinski definition) is 2. The van der Waals surface area contributed by atoms with Gasteiger partial charge in [-0.1, -0.05) is 45.7 Å². The highest BCUT2D eigenvalue weighted by atomic mass is 16.5. The lowest BCUT2D eigenvalue weighted by molar-refractivity contribution is 0.0897. The van der Waals surface area contributed by atoms with Gasteiger partial charge in [-0.25, -0.2) is 9.59 Å². The number of anilines is 1. The van der Waals surface area contributed by atoms with Crippen LogP contribution in [0.5, 0.6) is 0 Å². The van der Waals surface area contributed by atoms with Gasteiger partial charge in [0.15, 0.2) is 0 Å². The number of urea groups is 2. The molecule has 1 aromatic carbocycles. The third kappa shape index (κ3) is 5.09. The van der Waals surface area contributed by atoms with E-state index >= 15 is 0 Å². The zero-order valence-electron chi connectivity index (χ0n) is 18.8. The lowest BCUT2D eigenvalue weighted by Gasteiger charge is -2.43. The maximum atomic E-state index is 12.9. The summed E-state index contributed by atoms with van der Waals surface area (Å²) in [6, 6.07) is 7.31. The van der Waals surface area contributed by atoms with Gasteiger partial charge in [0.2, 0.25) is 0 Å². The van der Waals surface area contributed by atoms with E-state index in [0.29, 0.717) is 18.1 Å². The molecule has 0 spiro atoms. The van der Waals surface area contributed by atoms with E-state index in [-0.39, 0.29) is 29.5 Å². The Morgan fingerprint density at radius 3 is 2.58 bits per heavy atom. The first-order valence-corrected chi connectivity index (χ1v) is 11.5. The minimum Gasteiger partial charge on any atom is -0.376 e. The zero-order chi connectivity index (χ0) is 22.0. The van der Waals surface area contributed by atoms with Crippen LogP contribution in [-0.2, 0) is 10.2 Å². The highest BCUT2D eigenvalue weighted by molar-refractivity contribution is 6.08. The predicted octanol–water partition coefficient (Wildman–Crippen LogP) is 4.68. The monoisotopic (exact) mass is 426 g/mol. The molecule has 4 amide bonds. The average Bonchev–Trinajstić information content (AvgIpc) is 3.23. The second-order valence-corrected chi connectivity index (χ2v) is 9.92. The van der Waals surface area contributed by atoms with Crippen molar-refractivity contribution in [3.05, 3.63) is 29.8 Å². The van der Waals surface area contributed by atoms with E-state index in [1.807, 2.05) is 24.3 Å². The summed E-state index contributed by atoms with van der Waals surface area (Å²) in [4.78, 5) is 31.8. The number of amides is 4. The topological polar surface area (TPSA) is 83.0 Å². The summed E-state index contributed by atoms with van der Waals surface area (Å²) in [5.41, 5.74) is 1.96. The lowest BCUT2D eigenvalue weighted by Crippen LogP contribution is -2.62. The molecule has 0 aromatic heterocycles. The second kappa shape index (κ2) is 8.99. The van der Waals surface area contributed by atoms with Crippen molar-refractivity contribution < 1.29 is 14.3 Å². The quantitative estimate of drug-likeness (QED) is 0.736. The molecule has 3 fully saturated rings. The summed E-state index contributed by atoms with van der Waals surface area (Å²) < 4.78 is 5.75. The molecule has 2 aliphatic heterocycles. The molecule has 2 saturated heterocycles.